The predicted molar refractivity (Wildman–Crippen MR) is 512 cm³/mol. The zero-order chi connectivity index (χ0) is 101. The Hall–Kier alpha value is -14.0. The van der Waals surface area contributed by atoms with E-state index in [2.05, 4.69) is 86.6 Å². The Morgan fingerprint density at radius 3 is 1.70 bits per heavy atom. The van der Waals surface area contributed by atoms with Crippen LogP contribution in [0.25, 0.3) is 21.8 Å². The van der Waals surface area contributed by atoms with Crippen molar-refractivity contribution in [3.05, 3.63) is 139 Å². The van der Waals surface area contributed by atoms with Crippen molar-refractivity contribution in [2.45, 2.75) is 227 Å². The fourth-order valence-corrected chi connectivity index (χ4v) is 17.9. The Kier molecular flexibility index (Phi) is 40.4. The molecule has 4 aliphatic heterocycles. The summed E-state index contributed by atoms with van der Waals surface area (Å²) < 4.78 is 0. The first kappa shape index (κ1) is 108. The number of phenols is 1. The topological polar surface area (TPSA) is 645 Å². The lowest BCUT2D eigenvalue weighted by atomic mass is 9.99. The van der Waals surface area contributed by atoms with Gasteiger partial charge in [-0.2, -0.15) is 0 Å². The number of carbonyl (C=O) groups is 17. The Morgan fingerprint density at radius 1 is 0.572 bits per heavy atom. The number of fused-ring (bicyclic) bond motifs is 4. The number of nitrogens with one attached hydrogen (secondary N) is 14. The number of benzene rings is 3. The number of nitrogens with zero attached hydrogens (tertiary/aromatic N) is 6. The number of likely N-dealkylation sites (N-methyl/N-ethyl adjacent to an activating group) is 3. The second-order valence-corrected chi connectivity index (χ2v) is 36.4. The van der Waals surface area contributed by atoms with Crippen molar-refractivity contribution in [1.29, 1.82) is 5.41 Å². The highest BCUT2D eigenvalue weighted by molar-refractivity contribution is 8.00. The van der Waals surface area contributed by atoms with Gasteiger partial charge in [0.05, 0.1) is 31.4 Å². The van der Waals surface area contributed by atoms with E-state index in [-0.39, 0.29) is 115 Å². The molecule has 0 bridgehead atoms. The first-order valence-electron chi connectivity index (χ1n) is 46.0. The van der Waals surface area contributed by atoms with E-state index in [1.54, 1.807) is 93.1 Å². The molecule has 0 aliphatic carbocycles. The number of phenolic OH excluding ortho intramolecular Hbond substituents is 1. The molecule has 3 aromatic carbocycles. The van der Waals surface area contributed by atoms with Crippen LogP contribution in [0.2, 0.25) is 0 Å². The number of para-hydroxylation sites is 2. The maximum atomic E-state index is 15.8. The Balaban J connectivity index is 1.11. The number of guanidine groups is 1. The molecule has 4 aliphatic rings. The number of H-pyrrole nitrogens is 2. The zero-order valence-corrected chi connectivity index (χ0v) is 79.1. The second kappa shape index (κ2) is 51.8. The average molecular weight is 1930 g/mol. The third kappa shape index (κ3) is 30.2. The molecular formula is C94H129N23O20S. The Morgan fingerprint density at radius 2 is 1.11 bits per heavy atom. The number of primary amides is 2. The van der Waals surface area contributed by atoms with Crippen LogP contribution in [0.4, 0.5) is 0 Å². The van der Waals surface area contributed by atoms with Gasteiger partial charge in [-0.05, 0) is 136 Å². The zero-order valence-electron chi connectivity index (χ0n) is 78.3. The van der Waals surface area contributed by atoms with Crippen LogP contribution < -0.4 is 75.7 Å². The van der Waals surface area contributed by atoms with Gasteiger partial charge in [0.15, 0.2) is 5.96 Å². The monoisotopic (exact) mass is 1930 g/mol. The van der Waals surface area contributed by atoms with Gasteiger partial charge in [0.25, 0.3) is 0 Å². The van der Waals surface area contributed by atoms with E-state index in [9.17, 15) is 53.7 Å². The number of aromatic amines is 2. The minimum Gasteiger partial charge on any atom is -0.508 e. The van der Waals surface area contributed by atoms with Crippen LogP contribution in [0.1, 0.15) is 134 Å². The highest BCUT2D eigenvalue weighted by Gasteiger charge is 2.47. The highest BCUT2D eigenvalue weighted by Crippen LogP contribution is 2.29. The number of aromatic nitrogens is 2. The summed E-state index contributed by atoms with van der Waals surface area (Å²) in [6.07, 6.45) is 6.75. The summed E-state index contributed by atoms with van der Waals surface area (Å²) in [6.45, 7) is 10.0. The summed E-state index contributed by atoms with van der Waals surface area (Å²) in [5, 5.41) is 71.2. The predicted octanol–water partition coefficient (Wildman–Crippen LogP) is -1.81. The van der Waals surface area contributed by atoms with Gasteiger partial charge in [0.2, 0.25) is 100 Å². The number of amides is 17. The van der Waals surface area contributed by atoms with Crippen molar-refractivity contribution < 1.29 is 96.8 Å². The molecule has 44 heteroatoms. The number of hydrogen-bond acceptors (Lipinski definition) is 23. The van der Waals surface area contributed by atoms with Gasteiger partial charge in [0, 0.05) is 125 Å². The van der Waals surface area contributed by atoms with Gasteiger partial charge in [-0.15, -0.1) is 24.9 Å². The van der Waals surface area contributed by atoms with Crippen LogP contribution in [0, 0.1) is 11.3 Å². The summed E-state index contributed by atoms with van der Waals surface area (Å²) in [4.78, 5) is 267. The smallest absolute Gasteiger partial charge is 0.246 e. The molecule has 0 spiro atoms. The largest absolute Gasteiger partial charge is 0.508 e. The number of hydrogen-bond donors (Lipinski definition) is 20. The van der Waals surface area contributed by atoms with Crippen molar-refractivity contribution >= 4 is 146 Å². The van der Waals surface area contributed by atoms with E-state index in [0.29, 0.717) is 56.9 Å². The molecule has 5 aromatic rings. The van der Waals surface area contributed by atoms with Gasteiger partial charge in [-0.3, -0.25) is 91.9 Å². The van der Waals surface area contributed by atoms with E-state index in [1.165, 1.54) is 58.5 Å². The number of thioether (sulfide) groups is 1. The van der Waals surface area contributed by atoms with Crippen molar-refractivity contribution in [3.63, 3.8) is 0 Å². The van der Waals surface area contributed by atoms with E-state index in [1.807, 2.05) is 0 Å². The summed E-state index contributed by atoms with van der Waals surface area (Å²) >= 11 is 0.753. The van der Waals surface area contributed by atoms with Crippen LogP contribution in [0.5, 0.6) is 5.75 Å². The molecular weight excluding hydrogens is 1800 g/mol. The number of aromatic hydroxyl groups is 1. The number of allylic oxidation sites excluding steroid dienone is 2. The normalized spacial score (nSPS) is 24.8. The quantitative estimate of drug-likeness (QED) is 0.0114. The molecule has 9 rings (SSSR count). The van der Waals surface area contributed by atoms with Crippen LogP contribution >= 0.6 is 11.8 Å². The lowest BCUT2D eigenvalue weighted by molar-refractivity contribution is -0.149. The standard InChI is InChI=1S/C94H129N23O20S/c1-9-11-13-26-73-86(130)105-64(25-19-34-100-94(97)98)82(126)112-72(81(125)103-47-78(96)122)50-138-51-79(123)104-68(38-54-29-31-58(119)32-30-54)89(133)113(6)53(5)80(124)108-70(43-77(95)121)91(135)116-36-20-28-74(116)87(131)106-65(39-55-33-35-99-44-55)83(127)109-67(37-52(3)4)92(136)117-48-59(120)42-76(117)88(132)107-66(40-56-45-101-62-23-17-15-21-60(56)62)84(128)111-71(49-118)85(129)110-69(41-57-46-102-63-24-18-16-22-61(57)63)90(134)115(8)75(27-14-12-10-2)93(137)114(73)7/h9-10,15-18,21-24,29-32,35,44-46,52-53,59,64-76,101-102,118-120H,1-2,11-14,19-20,25-28,33-34,36-43,47-51H2,3-8H3,(H2,95,121)(H2,96,122)(H,103,125)(H,104,123)(H,105,130)(H,106,131)(H,107,132)(H,108,124)(H,109,127)(H,110,129)(H,111,128)(H,112,126)(H4,97,98,100)/t53-,59+,64-,65-,66-,67-,68-,69-,70-,71-,72-,73-,74-,75-,76-/m0/s1. The molecule has 23 N–H and O–H groups in total. The van der Waals surface area contributed by atoms with Crippen molar-refractivity contribution in [1.82, 2.24) is 93.0 Å². The maximum Gasteiger partial charge on any atom is 0.246 e. The summed E-state index contributed by atoms with van der Waals surface area (Å²) in [5.41, 5.74) is 20.0. The summed E-state index contributed by atoms with van der Waals surface area (Å²) in [6, 6.07) is -2.47. The number of nitrogens with two attached hydrogens (primary N) is 3. The van der Waals surface area contributed by atoms with Crippen molar-refractivity contribution in [2.75, 3.05) is 65.4 Å². The SMILES string of the molecule is C=CCCC[C@H]1C(=O)N(C)[C@@H](CCCC=C)C(=O)N[C@@H](CCCNC(=N)N)C(=O)N[C@H](C(=O)NCC(N)=O)CSCC(=O)N[C@@H](Cc2ccc(O)cc2)C(=O)N(C)[C@@H](C)C(=O)N[C@@H](CC(N)=O)C(=O)N2CCC[C@H]2C(=O)N[C@@H](CC2=CN=CC2)C(=O)N[C@@H](CC(C)C)C(=O)N2C[C@H](O)C[C@H]2C(=O)N[C@@H](Cc2c[nH]c3ccccc23)C(=O)N[C@@H](CO)C(=O)N[C@@H](Cc2c[nH]c3ccccc23)C(=O)N1C. The van der Waals surface area contributed by atoms with Gasteiger partial charge in [-0.25, -0.2) is 0 Å². The van der Waals surface area contributed by atoms with Gasteiger partial charge >= 0.3 is 0 Å². The minimum absolute atomic E-state index is 0.00782. The molecule has 6 heterocycles. The first-order valence-corrected chi connectivity index (χ1v) is 47.2. The second-order valence-electron chi connectivity index (χ2n) is 35.4. The summed E-state index contributed by atoms with van der Waals surface area (Å²) in [7, 11) is 3.85. The highest BCUT2D eigenvalue weighted by atomic mass is 32.2. The lowest BCUT2D eigenvalue weighted by Crippen LogP contribution is -2.61. The number of unbranched alkanes of at least 4 members (excludes halogenated alkanes) is 2. The number of rotatable bonds is 28. The molecule has 2 aromatic heterocycles. The van der Waals surface area contributed by atoms with Crippen molar-refractivity contribution in [2.24, 2.45) is 28.1 Å². The fourth-order valence-electron chi connectivity index (χ4n) is 17.1. The molecule has 3 fully saturated rings. The Labute approximate surface area is 802 Å². The molecule has 746 valence electrons. The Bertz CT molecular complexity index is 5330. The first-order chi connectivity index (χ1) is 65.8. The molecule has 0 unspecified atom stereocenters. The van der Waals surface area contributed by atoms with Gasteiger partial charge in [-0.1, -0.05) is 74.5 Å². The molecule has 15 atom stereocenters. The minimum atomic E-state index is -1.91. The number of aliphatic hydroxyl groups excluding tert-OH is 2. The van der Waals surface area contributed by atoms with E-state index >= 15 is 43.2 Å². The molecule has 43 nitrogen and oxygen atoms in total. The van der Waals surface area contributed by atoms with Crippen LogP contribution in [0.3, 0.4) is 0 Å². The molecule has 0 saturated carbocycles. The molecule has 17 amide bonds. The number of aliphatic hydroxyl groups is 2. The van der Waals surface area contributed by atoms with Crippen molar-refractivity contribution in [3.8, 4) is 5.75 Å². The van der Waals surface area contributed by atoms with E-state index in [4.69, 9.17) is 22.6 Å². The van der Waals surface area contributed by atoms with Gasteiger partial charge in [0.1, 0.15) is 90.3 Å². The summed E-state index contributed by atoms with van der Waals surface area (Å²) in [5.74, 6) is -18.2. The van der Waals surface area contributed by atoms with Gasteiger partial charge < -0.3 is 125 Å². The van der Waals surface area contributed by atoms with Crippen LogP contribution in [0.15, 0.2) is 127 Å². The molecule has 0 radical (unpaired) electrons. The third-order valence-electron chi connectivity index (χ3n) is 24.6. The average Bonchev–Trinajstić information content (AvgIpc) is 1.64. The van der Waals surface area contributed by atoms with E-state index < -0.39 is 241 Å². The maximum absolute atomic E-state index is 15.8. The van der Waals surface area contributed by atoms with E-state index in [0.717, 1.165) is 36.3 Å². The molecule has 3 saturated heterocycles. The number of aliphatic imine (C=N–C) groups is 1. The molecule has 138 heavy (non-hydrogen) atoms. The fraction of sp³-hybridized carbons (Fsp3) is 0.500. The van der Waals surface area contributed by atoms with Crippen LogP contribution in [-0.2, 0) is 101 Å². The van der Waals surface area contributed by atoms with Crippen LogP contribution in [-0.4, -0.2) is 319 Å². The third-order valence-corrected chi connectivity index (χ3v) is 25.7. The lowest BCUT2D eigenvalue weighted by Gasteiger charge is -2.36. The number of carbonyl (C=O) groups excluding carboxylic acids is 17.